The van der Waals surface area contributed by atoms with Crippen molar-refractivity contribution in [2.75, 3.05) is 4.72 Å². The Morgan fingerprint density at radius 3 is 2.63 bits per heavy atom. The van der Waals surface area contributed by atoms with E-state index in [4.69, 9.17) is 0 Å². The molecule has 0 amide bonds. The standard InChI is InChI=1S/C11H8BrFN2O3S/c12-8-5-7(1-2-9(8)13)15-19(17,18)11-6-14-4-3-10(11)16/h1-6,15H,(H,14,16). The zero-order valence-corrected chi connectivity index (χ0v) is 11.8. The van der Waals surface area contributed by atoms with E-state index in [2.05, 4.69) is 25.6 Å². The molecule has 0 saturated carbocycles. The smallest absolute Gasteiger partial charge is 0.267 e. The number of benzene rings is 1. The summed E-state index contributed by atoms with van der Waals surface area (Å²) in [7, 11) is -4.01. The average molecular weight is 347 g/mol. The van der Waals surface area contributed by atoms with Crippen LogP contribution in [0, 0.1) is 5.82 Å². The first-order valence-electron chi connectivity index (χ1n) is 5.05. The molecule has 1 aromatic heterocycles. The van der Waals surface area contributed by atoms with Gasteiger partial charge in [-0.05, 0) is 34.1 Å². The van der Waals surface area contributed by atoms with Gasteiger partial charge in [0, 0.05) is 18.5 Å². The molecule has 0 fully saturated rings. The molecular formula is C11H8BrFN2O3S. The Bertz CT molecular complexity index is 774. The second-order valence-electron chi connectivity index (χ2n) is 3.61. The SMILES string of the molecule is O=c1cc[nH]cc1S(=O)(=O)Nc1ccc(F)c(Br)c1. The first kappa shape index (κ1) is 13.8. The Balaban J connectivity index is 2.40. The fraction of sp³-hybridized carbons (Fsp3) is 0. The molecule has 0 aliphatic carbocycles. The second-order valence-corrected chi connectivity index (χ2v) is 6.11. The van der Waals surface area contributed by atoms with Gasteiger partial charge >= 0.3 is 0 Å². The van der Waals surface area contributed by atoms with E-state index in [1.54, 1.807) is 0 Å². The molecule has 0 radical (unpaired) electrons. The summed E-state index contributed by atoms with van der Waals surface area (Å²) in [5.41, 5.74) is -0.482. The van der Waals surface area contributed by atoms with Gasteiger partial charge in [0.25, 0.3) is 10.0 Å². The zero-order valence-electron chi connectivity index (χ0n) is 9.35. The van der Waals surface area contributed by atoms with Crippen LogP contribution in [0.2, 0.25) is 0 Å². The summed E-state index contributed by atoms with van der Waals surface area (Å²) in [6.45, 7) is 0. The first-order chi connectivity index (χ1) is 8.90. The topological polar surface area (TPSA) is 79.0 Å². The van der Waals surface area contributed by atoms with E-state index >= 15 is 0 Å². The minimum atomic E-state index is -4.01. The van der Waals surface area contributed by atoms with Gasteiger partial charge in [-0.2, -0.15) is 0 Å². The van der Waals surface area contributed by atoms with E-state index in [1.165, 1.54) is 18.3 Å². The number of aromatic nitrogens is 1. The number of nitrogens with one attached hydrogen (secondary N) is 2. The number of anilines is 1. The van der Waals surface area contributed by atoms with Crippen LogP contribution in [0.4, 0.5) is 10.1 Å². The summed E-state index contributed by atoms with van der Waals surface area (Å²) in [6.07, 6.45) is 2.42. The van der Waals surface area contributed by atoms with Crippen molar-refractivity contribution in [3.8, 4) is 0 Å². The minimum absolute atomic E-state index is 0.120. The van der Waals surface area contributed by atoms with Gasteiger partial charge < -0.3 is 4.98 Å². The number of pyridine rings is 1. The lowest BCUT2D eigenvalue weighted by atomic mass is 10.3. The number of H-pyrrole nitrogens is 1. The molecule has 0 saturated heterocycles. The van der Waals surface area contributed by atoms with Crippen LogP contribution in [0.3, 0.4) is 0 Å². The molecule has 0 aliphatic heterocycles. The fourth-order valence-electron chi connectivity index (χ4n) is 1.38. The molecule has 8 heteroatoms. The van der Waals surface area contributed by atoms with Crippen LogP contribution in [0.25, 0.3) is 0 Å². The van der Waals surface area contributed by atoms with Gasteiger partial charge in [-0.1, -0.05) is 0 Å². The number of hydrogen-bond donors (Lipinski definition) is 2. The Kier molecular flexibility index (Phi) is 3.72. The van der Waals surface area contributed by atoms with E-state index in [1.807, 2.05) is 0 Å². The van der Waals surface area contributed by atoms with E-state index in [0.717, 1.165) is 18.3 Å². The largest absolute Gasteiger partial charge is 0.366 e. The van der Waals surface area contributed by atoms with Crippen LogP contribution in [-0.2, 0) is 10.0 Å². The highest BCUT2D eigenvalue weighted by atomic mass is 79.9. The average Bonchev–Trinajstić information content (AvgIpc) is 2.34. The third kappa shape index (κ3) is 3.02. The molecular weight excluding hydrogens is 339 g/mol. The molecule has 0 spiro atoms. The first-order valence-corrected chi connectivity index (χ1v) is 7.33. The lowest BCUT2D eigenvalue weighted by Gasteiger charge is -2.07. The van der Waals surface area contributed by atoms with Gasteiger partial charge in [-0.15, -0.1) is 0 Å². The molecule has 2 aromatic rings. The number of rotatable bonds is 3. The van der Waals surface area contributed by atoms with Gasteiger partial charge in [-0.25, -0.2) is 12.8 Å². The summed E-state index contributed by atoms with van der Waals surface area (Å²) in [4.78, 5) is 13.6. The third-order valence-electron chi connectivity index (χ3n) is 2.25. The highest BCUT2D eigenvalue weighted by Gasteiger charge is 2.18. The molecule has 5 nitrogen and oxygen atoms in total. The van der Waals surface area contributed by atoms with Crippen molar-refractivity contribution in [1.29, 1.82) is 0 Å². The van der Waals surface area contributed by atoms with Crippen LogP contribution in [0.5, 0.6) is 0 Å². The number of aromatic amines is 1. The monoisotopic (exact) mass is 346 g/mol. The van der Waals surface area contributed by atoms with Crippen LogP contribution < -0.4 is 10.2 Å². The maximum absolute atomic E-state index is 13.0. The van der Waals surface area contributed by atoms with Gasteiger partial charge in [0.1, 0.15) is 5.82 Å². The molecule has 0 bridgehead atoms. The quantitative estimate of drug-likeness (QED) is 0.892. The lowest BCUT2D eigenvalue weighted by molar-refractivity contribution is 0.599. The molecule has 19 heavy (non-hydrogen) atoms. The Morgan fingerprint density at radius 2 is 2.00 bits per heavy atom. The van der Waals surface area contributed by atoms with Crippen LogP contribution >= 0.6 is 15.9 Å². The molecule has 0 unspecified atom stereocenters. The predicted molar refractivity (Wildman–Crippen MR) is 72.0 cm³/mol. The minimum Gasteiger partial charge on any atom is -0.366 e. The van der Waals surface area contributed by atoms with E-state index in [9.17, 15) is 17.6 Å². The molecule has 1 heterocycles. The van der Waals surface area contributed by atoms with Crippen molar-refractivity contribution in [2.24, 2.45) is 0 Å². The van der Waals surface area contributed by atoms with E-state index < -0.39 is 26.2 Å². The van der Waals surface area contributed by atoms with Crippen molar-refractivity contribution >= 4 is 31.6 Å². The molecule has 0 aliphatic rings. The zero-order chi connectivity index (χ0) is 14.0. The normalized spacial score (nSPS) is 11.3. The number of sulfonamides is 1. The van der Waals surface area contributed by atoms with Gasteiger partial charge in [-0.3, -0.25) is 9.52 Å². The Morgan fingerprint density at radius 1 is 1.26 bits per heavy atom. The molecule has 0 atom stereocenters. The van der Waals surface area contributed by atoms with Crippen molar-refractivity contribution in [3.63, 3.8) is 0 Å². The van der Waals surface area contributed by atoms with E-state index in [-0.39, 0.29) is 10.2 Å². The van der Waals surface area contributed by atoms with Gasteiger partial charge in [0.2, 0.25) is 5.43 Å². The summed E-state index contributed by atoms with van der Waals surface area (Å²) in [5, 5.41) is 0. The maximum atomic E-state index is 13.0. The third-order valence-corrected chi connectivity index (χ3v) is 4.26. The highest BCUT2D eigenvalue weighted by molar-refractivity contribution is 9.10. The van der Waals surface area contributed by atoms with Crippen LogP contribution in [0.1, 0.15) is 0 Å². The van der Waals surface area contributed by atoms with Crippen LogP contribution in [-0.4, -0.2) is 13.4 Å². The maximum Gasteiger partial charge on any atom is 0.267 e. The number of halogens is 2. The lowest BCUT2D eigenvalue weighted by Crippen LogP contribution is -2.20. The summed E-state index contributed by atoms with van der Waals surface area (Å²) >= 11 is 2.95. The second kappa shape index (κ2) is 5.14. The van der Waals surface area contributed by atoms with Gasteiger partial charge in [0.15, 0.2) is 4.90 Å². The highest BCUT2D eigenvalue weighted by Crippen LogP contribution is 2.21. The fourth-order valence-corrected chi connectivity index (χ4v) is 2.86. The van der Waals surface area contributed by atoms with Crippen molar-refractivity contribution in [2.45, 2.75) is 4.90 Å². The summed E-state index contributed by atoms with van der Waals surface area (Å²) in [6, 6.07) is 4.74. The Labute approximate surface area is 116 Å². The molecule has 2 N–H and O–H groups in total. The number of hydrogen-bond acceptors (Lipinski definition) is 3. The van der Waals surface area contributed by atoms with E-state index in [0.29, 0.717) is 0 Å². The summed E-state index contributed by atoms with van der Waals surface area (Å²) < 4.78 is 39.3. The summed E-state index contributed by atoms with van der Waals surface area (Å²) in [5.74, 6) is -0.513. The van der Waals surface area contributed by atoms with Crippen molar-refractivity contribution in [3.05, 3.63) is 57.2 Å². The molecule has 2 rings (SSSR count). The van der Waals surface area contributed by atoms with Gasteiger partial charge in [0.05, 0.1) is 10.2 Å². The van der Waals surface area contributed by atoms with Crippen LogP contribution in [0.15, 0.2) is 50.8 Å². The predicted octanol–water partition coefficient (Wildman–Crippen LogP) is 2.08. The van der Waals surface area contributed by atoms with Crippen molar-refractivity contribution in [1.82, 2.24) is 4.98 Å². The Hall–Kier alpha value is -1.67. The van der Waals surface area contributed by atoms with Crippen molar-refractivity contribution < 1.29 is 12.8 Å². The molecule has 100 valence electrons. The molecule has 1 aromatic carbocycles.